The van der Waals surface area contributed by atoms with Crippen LogP contribution in [0.2, 0.25) is 0 Å². The minimum absolute atomic E-state index is 0.0635. The lowest BCUT2D eigenvalue weighted by Crippen LogP contribution is -2.26. The molecule has 3 N–H and O–H groups in total. The molecule has 0 heterocycles. The number of anilines is 2. The molecule has 1 aliphatic carbocycles. The number of ether oxygens (including phenoxy) is 1. The van der Waals surface area contributed by atoms with Gasteiger partial charge in [-0.3, -0.25) is 9.59 Å². The van der Waals surface area contributed by atoms with E-state index in [4.69, 9.17) is 4.74 Å². The van der Waals surface area contributed by atoms with Crippen LogP contribution >= 0.6 is 0 Å². The summed E-state index contributed by atoms with van der Waals surface area (Å²) in [5.74, 6) is -0.711. The van der Waals surface area contributed by atoms with Gasteiger partial charge in [0.05, 0.1) is 19.2 Å². The van der Waals surface area contributed by atoms with E-state index in [1.54, 1.807) is 18.2 Å². The van der Waals surface area contributed by atoms with Crippen LogP contribution in [0.25, 0.3) is 0 Å². The second-order valence-electron chi connectivity index (χ2n) is 6.64. The summed E-state index contributed by atoms with van der Waals surface area (Å²) < 4.78 is 44.5. The fraction of sp³-hybridized carbons (Fsp3) is 0.300. The SMILES string of the molecule is COc1ccc(NCC(=O)Nc2cccc(C(=O)NC3CC3)c2)c(C(F)(F)F)c1. The van der Waals surface area contributed by atoms with Gasteiger partial charge < -0.3 is 20.7 Å². The molecule has 0 aromatic heterocycles. The zero-order chi connectivity index (χ0) is 21.0. The summed E-state index contributed by atoms with van der Waals surface area (Å²) in [6.45, 7) is -0.381. The van der Waals surface area contributed by atoms with Crippen molar-refractivity contribution >= 4 is 23.2 Å². The van der Waals surface area contributed by atoms with Crippen LogP contribution < -0.4 is 20.7 Å². The van der Waals surface area contributed by atoms with Crippen molar-refractivity contribution in [1.29, 1.82) is 0 Å². The first kappa shape index (κ1) is 20.5. The van der Waals surface area contributed by atoms with Crippen molar-refractivity contribution < 1.29 is 27.5 Å². The van der Waals surface area contributed by atoms with Crippen molar-refractivity contribution in [3.8, 4) is 5.75 Å². The van der Waals surface area contributed by atoms with Crippen molar-refractivity contribution in [1.82, 2.24) is 5.32 Å². The Labute approximate surface area is 165 Å². The summed E-state index contributed by atoms with van der Waals surface area (Å²) in [4.78, 5) is 24.2. The van der Waals surface area contributed by atoms with E-state index in [9.17, 15) is 22.8 Å². The molecule has 0 saturated heterocycles. The average molecular weight is 407 g/mol. The molecular weight excluding hydrogens is 387 g/mol. The number of halogens is 3. The highest BCUT2D eigenvalue weighted by atomic mass is 19.4. The molecule has 0 spiro atoms. The molecular formula is C20H20F3N3O3. The molecule has 1 saturated carbocycles. The van der Waals surface area contributed by atoms with E-state index in [0.29, 0.717) is 11.3 Å². The Morgan fingerprint density at radius 3 is 2.55 bits per heavy atom. The summed E-state index contributed by atoms with van der Waals surface area (Å²) in [7, 11) is 1.27. The second-order valence-corrected chi connectivity index (χ2v) is 6.64. The van der Waals surface area contributed by atoms with Crippen LogP contribution in [-0.2, 0) is 11.0 Å². The van der Waals surface area contributed by atoms with Gasteiger partial charge >= 0.3 is 6.18 Å². The maximum absolute atomic E-state index is 13.2. The predicted octanol–water partition coefficient (Wildman–Crippen LogP) is 3.66. The van der Waals surface area contributed by atoms with Gasteiger partial charge in [-0.25, -0.2) is 0 Å². The van der Waals surface area contributed by atoms with Crippen molar-refractivity contribution in [2.45, 2.75) is 25.1 Å². The zero-order valence-corrected chi connectivity index (χ0v) is 15.6. The lowest BCUT2D eigenvalue weighted by atomic mass is 10.1. The Hall–Kier alpha value is -3.23. The van der Waals surface area contributed by atoms with Gasteiger partial charge in [0, 0.05) is 23.0 Å². The quantitative estimate of drug-likeness (QED) is 0.655. The maximum Gasteiger partial charge on any atom is 0.418 e. The van der Waals surface area contributed by atoms with Crippen molar-refractivity contribution in [2.75, 3.05) is 24.3 Å². The van der Waals surface area contributed by atoms with Gasteiger partial charge in [0.1, 0.15) is 5.75 Å². The molecule has 0 bridgehead atoms. The summed E-state index contributed by atoms with van der Waals surface area (Å²) >= 11 is 0. The van der Waals surface area contributed by atoms with Gasteiger partial charge in [0.2, 0.25) is 5.91 Å². The molecule has 1 fully saturated rings. The predicted molar refractivity (Wildman–Crippen MR) is 102 cm³/mol. The number of benzene rings is 2. The third-order valence-corrected chi connectivity index (χ3v) is 4.29. The summed E-state index contributed by atoms with van der Waals surface area (Å²) in [5.41, 5.74) is -0.377. The maximum atomic E-state index is 13.2. The molecule has 2 aromatic rings. The first-order valence-corrected chi connectivity index (χ1v) is 8.96. The Bertz CT molecular complexity index is 911. The van der Waals surface area contributed by atoms with Crippen LogP contribution in [0.4, 0.5) is 24.5 Å². The van der Waals surface area contributed by atoms with Crippen LogP contribution in [0.5, 0.6) is 5.75 Å². The topological polar surface area (TPSA) is 79.5 Å². The Morgan fingerprint density at radius 2 is 1.90 bits per heavy atom. The molecule has 3 rings (SSSR count). The van der Waals surface area contributed by atoms with Gasteiger partial charge in [-0.2, -0.15) is 13.2 Å². The summed E-state index contributed by atoms with van der Waals surface area (Å²) in [5, 5.41) is 7.91. The molecule has 9 heteroatoms. The van der Waals surface area contributed by atoms with Crippen LogP contribution in [0.15, 0.2) is 42.5 Å². The van der Waals surface area contributed by atoms with Crippen molar-refractivity contribution in [3.05, 3.63) is 53.6 Å². The lowest BCUT2D eigenvalue weighted by molar-refractivity contribution is -0.137. The van der Waals surface area contributed by atoms with E-state index in [-0.39, 0.29) is 29.9 Å². The number of methoxy groups -OCH3 is 1. The van der Waals surface area contributed by atoms with Crippen LogP contribution in [0.3, 0.4) is 0 Å². The number of nitrogens with one attached hydrogen (secondary N) is 3. The minimum Gasteiger partial charge on any atom is -0.497 e. The molecule has 0 radical (unpaired) electrons. The van der Waals surface area contributed by atoms with E-state index in [1.165, 1.54) is 25.3 Å². The fourth-order valence-electron chi connectivity index (χ4n) is 2.65. The van der Waals surface area contributed by atoms with Crippen LogP contribution in [-0.4, -0.2) is 31.5 Å². The average Bonchev–Trinajstić information content (AvgIpc) is 3.49. The largest absolute Gasteiger partial charge is 0.497 e. The van der Waals surface area contributed by atoms with Crippen LogP contribution in [0.1, 0.15) is 28.8 Å². The normalized spacial score (nSPS) is 13.5. The molecule has 0 unspecified atom stereocenters. The van der Waals surface area contributed by atoms with Gasteiger partial charge in [-0.15, -0.1) is 0 Å². The summed E-state index contributed by atoms with van der Waals surface area (Å²) in [6.07, 6.45) is -2.69. The minimum atomic E-state index is -4.60. The number of rotatable bonds is 7. The van der Waals surface area contributed by atoms with Gasteiger partial charge in [0.25, 0.3) is 5.91 Å². The molecule has 0 atom stereocenters. The smallest absolute Gasteiger partial charge is 0.418 e. The third kappa shape index (κ3) is 5.63. The number of carbonyl (C=O) groups is 2. The van der Waals surface area contributed by atoms with E-state index in [0.717, 1.165) is 18.9 Å². The van der Waals surface area contributed by atoms with Gasteiger partial charge in [0.15, 0.2) is 0 Å². The number of carbonyl (C=O) groups excluding carboxylic acids is 2. The zero-order valence-electron chi connectivity index (χ0n) is 15.6. The highest BCUT2D eigenvalue weighted by Crippen LogP contribution is 2.37. The van der Waals surface area contributed by atoms with Crippen LogP contribution in [0, 0.1) is 0 Å². The van der Waals surface area contributed by atoms with E-state index < -0.39 is 17.6 Å². The molecule has 2 aromatic carbocycles. The highest BCUT2D eigenvalue weighted by Gasteiger charge is 2.34. The number of alkyl halides is 3. The fourth-order valence-corrected chi connectivity index (χ4v) is 2.65. The molecule has 29 heavy (non-hydrogen) atoms. The highest BCUT2D eigenvalue weighted by molar-refractivity contribution is 5.98. The monoisotopic (exact) mass is 407 g/mol. The molecule has 6 nitrogen and oxygen atoms in total. The summed E-state index contributed by atoms with van der Waals surface area (Å²) in [6, 6.07) is 10.0. The number of hydrogen-bond donors (Lipinski definition) is 3. The van der Waals surface area contributed by atoms with Gasteiger partial charge in [-0.05, 0) is 49.2 Å². The first-order chi connectivity index (χ1) is 13.8. The van der Waals surface area contributed by atoms with Crippen molar-refractivity contribution in [2.24, 2.45) is 0 Å². The molecule has 1 aliphatic rings. The number of hydrogen-bond acceptors (Lipinski definition) is 4. The standard InChI is InChI=1S/C20H20F3N3O3/c1-29-15-7-8-17(16(10-15)20(21,22)23)24-11-18(27)25-14-4-2-3-12(9-14)19(28)26-13-5-6-13/h2-4,7-10,13,24H,5-6,11H2,1H3,(H,25,27)(H,26,28). The van der Waals surface area contributed by atoms with E-state index >= 15 is 0 Å². The Balaban J connectivity index is 1.62. The lowest BCUT2D eigenvalue weighted by Gasteiger charge is -2.16. The third-order valence-electron chi connectivity index (χ3n) is 4.29. The van der Waals surface area contributed by atoms with Gasteiger partial charge in [-0.1, -0.05) is 6.07 Å². The van der Waals surface area contributed by atoms with E-state index in [1.807, 2.05) is 0 Å². The molecule has 154 valence electrons. The number of amides is 2. The second kappa shape index (κ2) is 8.42. The Morgan fingerprint density at radius 1 is 1.14 bits per heavy atom. The molecule has 0 aliphatic heterocycles. The first-order valence-electron chi connectivity index (χ1n) is 8.96. The Kier molecular flexibility index (Phi) is 5.95. The van der Waals surface area contributed by atoms with E-state index in [2.05, 4.69) is 16.0 Å². The van der Waals surface area contributed by atoms with Crippen molar-refractivity contribution in [3.63, 3.8) is 0 Å². The molecule has 2 amide bonds.